The molecule has 1 aromatic heterocycles. The molecule has 3 amide bonds. The van der Waals surface area contributed by atoms with Crippen LogP contribution >= 0.6 is 11.6 Å². The molecule has 9 nitrogen and oxygen atoms in total. The molecular weight excluding hydrogens is 384 g/mol. The quantitative estimate of drug-likeness (QED) is 0.455. The summed E-state index contributed by atoms with van der Waals surface area (Å²) in [6.07, 6.45) is 0.448. The van der Waals surface area contributed by atoms with Crippen LogP contribution in [0.4, 0.5) is 21.1 Å². The van der Waals surface area contributed by atoms with E-state index in [1.54, 1.807) is 6.07 Å². The van der Waals surface area contributed by atoms with Crippen molar-refractivity contribution in [2.24, 2.45) is 10.7 Å². The van der Waals surface area contributed by atoms with E-state index in [9.17, 15) is 9.59 Å². The lowest BCUT2D eigenvalue weighted by molar-refractivity contribution is 0.182. The van der Waals surface area contributed by atoms with Gasteiger partial charge >= 0.3 is 12.1 Å². The van der Waals surface area contributed by atoms with Crippen LogP contribution in [0.1, 0.15) is 29.7 Å². The number of rotatable bonds is 4. The lowest BCUT2D eigenvalue weighted by Crippen LogP contribution is -2.31. The van der Waals surface area contributed by atoms with E-state index in [1.807, 2.05) is 26.0 Å². The Hall–Kier alpha value is -3.33. The first-order chi connectivity index (χ1) is 13.2. The number of methoxy groups -OCH3 is 1. The standard InChI is InChI=1S/C18H21ClN6O3/c1-9-6-11(4-5-13(9)19)10(2)23-17(26)24-15-7-14(20)12(8-22-15)16(21)25-18(27)28-3/h4-8,10H,1-3H3,(H2,21,25,27)(H4,20,22,23,24,26)/t10-/m1/s1. The Labute approximate surface area is 167 Å². The highest BCUT2D eigenvalue weighted by Crippen LogP contribution is 2.21. The number of nitrogens with zero attached hydrogens (tertiary/aromatic N) is 2. The van der Waals surface area contributed by atoms with Gasteiger partial charge in [-0.1, -0.05) is 23.7 Å². The van der Waals surface area contributed by atoms with Crippen LogP contribution < -0.4 is 22.1 Å². The summed E-state index contributed by atoms with van der Waals surface area (Å²) in [5.74, 6) is 0.0729. The Kier molecular flexibility index (Phi) is 6.78. The molecule has 10 heteroatoms. The predicted octanol–water partition coefficient (Wildman–Crippen LogP) is 2.98. The maximum Gasteiger partial charge on any atom is 0.435 e. The molecular formula is C18H21ClN6O3. The zero-order valence-electron chi connectivity index (χ0n) is 15.6. The fraction of sp³-hybridized carbons (Fsp3) is 0.222. The average Bonchev–Trinajstić information content (AvgIpc) is 2.63. The Morgan fingerprint density at radius 2 is 2.04 bits per heavy atom. The van der Waals surface area contributed by atoms with Crippen molar-refractivity contribution in [3.63, 3.8) is 0 Å². The largest absolute Gasteiger partial charge is 0.451 e. The molecule has 28 heavy (non-hydrogen) atoms. The number of pyridine rings is 1. The van der Waals surface area contributed by atoms with Crippen LogP contribution in [0.15, 0.2) is 35.5 Å². The number of hydrogen-bond acceptors (Lipinski definition) is 5. The normalized spacial score (nSPS) is 12.2. The van der Waals surface area contributed by atoms with Gasteiger partial charge in [0.1, 0.15) is 11.7 Å². The zero-order valence-corrected chi connectivity index (χ0v) is 16.4. The van der Waals surface area contributed by atoms with Crippen molar-refractivity contribution in [2.45, 2.75) is 19.9 Å². The number of aryl methyl sites for hydroxylation is 1. The number of carbonyl (C=O) groups excluding carboxylic acids is 2. The number of urea groups is 1. The number of nitrogens with one attached hydrogen (secondary N) is 2. The molecule has 0 saturated heterocycles. The molecule has 0 aliphatic rings. The number of halogens is 1. The van der Waals surface area contributed by atoms with E-state index in [0.29, 0.717) is 5.02 Å². The van der Waals surface area contributed by atoms with E-state index in [4.69, 9.17) is 23.1 Å². The molecule has 0 bridgehead atoms. The molecule has 1 heterocycles. The lowest BCUT2D eigenvalue weighted by Gasteiger charge is -2.16. The summed E-state index contributed by atoms with van der Waals surface area (Å²) in [6, 6.07) is 6.22. The van der Waals surface area contributed by atoms with Crippen LogP contribution in [0.25, 0.3) is 0 Å². The molecule has 0 radical (unpaired) electrons. The summed E-state index contributed by atoms with van der Waals surface area (Å²) < 4.78 is 4.41. The average molecular weight is 405 g/mol. The highest BCUT2D eigenvalue weighted by atomic mass is 35.5. The van der Waals surface area contributed by atoms with Gasteiger partial charge in [-0.05, 0) is 31.0 Å². The molecule has 1 atom stereocenters. The summed E-state index contributed by atoms with van der Waals surface area (Å²) in [6.45, 7) is 3.74. The maximum atomic E-state index is 12.2. The minimum Gasteiger partial charge on any atom is -0.451 e. The number of aromatic nitrogens is 1. The Bertz CT molecular complexity index is 932. The molecule has 1 aromatic carbocycles. The number of anilines is 2. The highest BCUT2D eigenvalue weighted by Gasteiger charge is 2.13. The fourth-order valence-corrected chi connectivity index (χ4v) is 2.44. The van der Waals surface area contributed by atoms with Crippen molar-refractivity contribution in [1.82, 2.24) is 10.3 Å². The molecule has 0 saturated carbocycles. The van der Waals surface area contributed by atoms with Crippen molar-refractivity contribution in [1.29, 1.82) is 0 Å². The summed E-state index contributed by atoms with van der Waals surface area (Å²) in [7, 11) is 1.18. The third kappa shape index (κ3) is 5.34. The summed E-state index contributed by atoms with van der Waals surface area (Å²) in [5, 5.41) is 6.05. The second-order valence-electron chi connectivity index (χ2n) is 5.95. The molecule has 0 spiro atoms. The number of aliphatic imine (C=N–C) groups is 1. The third-order valence-electron chi connectivity index (χ3n) is 3.87. The van der Waals surface area contributed by atoms with Crippen LogP contribution in [0.5, 0.6) is 0 Å². The van der Waals surface area contributed by atoms with Gasteiger partial charge in [0.15, 0.2) is 0 Å². The Morgan fingerprint density at radius 1 is 1.32 bits per heavy atom. The predicted molar refractivity (Wildman–Crippen MR) is 109 cm³/mol. The number of carbonyl (C=O) groups is 2. The van der Waals surface area contributed by atoms with E-state index in [2.05, 4.69) is 25.3 Å². The number of nitrogens with two attached hydrogens (primary N) is 2. The molecule has 0 aliphatic carbocycles. The molecule has 6 N–H and O–H groups in total. The number of hydrogen-bond donors (Lipinski definition) is 4. The first-order valence-corrected chi connectivity index (χ1v) is 8.60. The second-order valence-corrected chi connectivity index (χ2v) is 6.36. The summed E-state index contributed by atoms with van der Waals surface area (Å²) in [5.41, 5.74) is 13.9. The van der Waals surface area contributed by atoms with Crippen molar-refractivity contribution in [2.75, 3.05) is 18.2 Å². The van der Waals surface area contributed by atoms with Crippen LogP contribution in [0, 0.1) is 6.92 Å². The van der Waals surface area contributed by atoms with Crippen molar-refractivity contribution in [3.8, 4) is 0 Å². The molecule has 2 rings (SSSR count). The molecule has 0 unspecified atom stereocenters. The van der Waals surface area contributed by atoms with Gasteiger partial charge in [0.25, 0.3) is 0 Å². The third-order valence-corrected chi connectivity index (χ3v) is 4.29. The van der Waals surface area contributed by atoms with Gasteiger partial charge in [0.2, 0.25) is 0 Å². The smallest absolute Gasteiger partial charge is 0.435 e. The number of amides is 3. The van der Waals surface area contributed by atoms with E-state index in [1.165, 1.54) is 19.4 Å². The molecule has 2 aromatic rings. The van der Waals surface area contributed by atoms with Crippen molar-refractivity contribution in [3.05, 3.63) is 52.2 Å². The minimum atomic E-state index is -0.857. The minimum absolute atomic E-state index is 0.139. The molecule has 0 fully saturated rings. The van der Waals surface area contributed by atoms with Gasteiger partial charge < -0.3 is 21.5 Å². The van der Waals surface area contributed by atoms with Crippen LogP contribution in [0.2, 0.25) is 5.02 Å². The number of nitrogen functional groups attached to an aromatic ring is 1. The van der Waals surface area contributed by atoms with Gasteiger partial charge in [0, 0.05) is 23.0 Å². The number of benzene rings is 1. The summed E-state index contributed by atoms with van der Waals surface area (Å²) in [4.78, 5) is 30.9. The van der Waals surface area contributed by atoms with Crippen LogP contribution in [-0.4, -0.2) is 30.1 Å². The fourth-order valence-electron chi connectivity index (χ4n) is 2.33. The van der Waals surface area contributed by atoms with E-state index in [0.717, 1.165) is 11.1 Å². The SMILES string of the molecule is COC(=O)N=C(N)c1cnc(NC(=O)N[C@H](C)c2ccc(Cl)c(C)c2)cc1N. The highest BCUT2D eigenvalue weighted by molar-refractivity contribution is 6.31. The van der Waals surface area contributed by atoms with E-state index >= 15 is 0 Å². The zero-order chi connectivity index (χ0) is 20.8. The maximum absolute atomic E-state index is 12.2. The first-order valence-electron chi connectivity index (χ1n) is 8.22. The van der Waals surface area contributed by atoms with Crippen molar-refractivity contribution >= 4 is 41.1 Å². The molecule has 148 valence electrons. The Balaban J connectivity index is 2.05. The lowest BCUT2D eigenvalue weighted by atomic mass is 10.1. The van der Waals surface area contributed by atoms with Crippen LogP contribution in [-0.2, 0) is 4.74 Å². The first kappa shape index (κ1) is 21.0. The number of ether oxygens (including phenoxy) is 1. The Morgan fingerprint density at radius 3 is 2.64 bits per heavy atom. The summed E-state index contributed by atoms with van der Waals surface area (Å²) >= 11 is 6.02. The van der Waals surface area contributed by atoms with E-state index in [-0.39, 0.29) is 28.9 Å². The van der Waals surface area contributed by atoms with Crippen molar-refractivity contribution < 1.29 is 14.3 Å². The monoisotopic (exact) mass is 404 g/mol. The number of amidine groups is 1. The second kappa shape index (κ2) is 9.05. The van der Waals surface area contributed by atoms with Gasteiger partial charge in [-0.2, -0.15) is 4.99 Å². The van der Waals surface area contributed by atoms with Gasteiger partial charge in [0.05, 0.1) is 18.7 Å². The van der Waals surface area contributed by atoms with Gasteiger partial charge in [-0.15, -0.1) is 0 Å². The van der Waals surface area contributed by atoms with Gasteiger partial charge in [-0.3, -0.25) is 5.32 Å². The molecule has 0 aliphatic heterocycles. The topological polar surface area (TPSA) is 145 Å². The van der Waals surface area contributed by atoms with E-state index < -0.39 is 12.1 Å². The van der Waals surface area contributed by atoms with Gasteiger partial charge in [-0.25, -0.2) is 14.6 Å². The van der Waals surface area contributed by atoms with Crippen LogP contribution in [0.3, 0.4) is 0 Å².